The summed E-state index contributed by atoms with van der Waals surface area (Å²) in [6.07, 6.45) is 3.55. The molecule has 2 rings (SSSR count). The summed E-state index contributed by atoms with van der Waals surface area (Å²) in [6.45, 7) is 6.52. The minimum absolute atomic E-state index is 0.147. The topological polar surface area (TPSA) is 60.2 Å². The summed E-state index contributed by atoms with van der Waals surface area (Å²) in [7, 11) is 0. The van der Waals surface area contributed by atoms with Gasteiger partial charge >= 0.3 is 0 Å². The van der Waals surface area contributed by atoms with Gasteiger partial charge in [-0.3, -0.25) is 9.48 Å². The van der Waals surface area contributed by atoms with E-state index in [1.54, 1.807) is 11.0 Å². The number of rotatable bonds is 3. The third kappa shape index (κ3) is 2.82. The fourth-order valence-electron chi connectivity index (χ4n) is 2.01. The molecule has 6 nitrogen and oxygen atoms in total. The molecule has 1 aromatic heterocycles. The number of hydrogen-bond acceptors (Lipinski definition) is 4. The van der Waals surface area contributed by atoms with Gasteiger partial charge in [-0.25, -0.2) is 4.98 Å². The van der Waals surface area contributed by atoms with E-state index < -0.39 is 0 Å². The molecule has 0 aromatic carbocycles. The zero-order valence-corrected chi connectivity index (χ0v) is 10.3. The Morgan fingerprint density at radius 3 is 3.00 bits per heavy atom. The van der Waals surface area contributed by atoms with Crippen molar-refractivity contribution in [3.8, 4) is 0 Å². The first-order valence-corrected chi connectivity index (χ1v) is 5.80. The van der Waals surface area contributed by atoms with E-state index in [9.17, 15) is 4.79 Å². The highest BCUT2D eigenvalue weighted by atomic mass is 16.5. The van der Waals surface area contributed by atoms with Crippen LogP contribution in [0.4, 0.5) is 0 Å². The summed E-state index contributed by atoms with van der Waals surface area (Å²) in [5, 5.41) is 3.98. The van der Waals surface area contributed by atoms with Crippen LogP contribution in [0.2, 0.25) is 0 Å². The van der Waals surface area contributed by atoms with E-state index in [4.69, 9.17) is 4.74 Å². The second-order valence-corrected chi connectivity index (χ2v) is 4.82. The smallest absolute Gasteiger partial charge is 0.225 e. The molecule has 94 valence electrons. The van der Waals surface area contributed by atoms with E-state index in [2.05, 4.69) is 10.1 Å². The van der Waals surface area contributed by atoms with Gasteiger partial charge in [-0.05, 0) is 13.8 Å². The summed E-state index contributed by atoms with van der Waals surface area (Å²) in [6, 6.07) is 0. The fourth-order valence-corrected chi connectivity index (χ4v) is 2.01. The molecule has 0 saturated carbocycles. The molecule has 1 amide bonds. The Labute approximate surface area is 101 Å². The molecule has 1 fully saturated rings. The minimum atomic E-state index is -0.211. The standard InChI is InChI=1S/C11H18N4O2/c1-11(2)7-17-6-5-15(11)10(16)3-4-14-9-12-8-13-14/h8-9H,3-7H2,1-2H3. The number of aromatic nitrogens is 3. The third-order valence-corrected chi connectivity index (χ3v) is 2.97. The first-order chi connectivity index (χ1) is 8.09. The van der Waals surface area contributed by atoms with Gasteiger partial charge in [0.05, 0.1) is 25.3 Å². The van der Waals surface area contributed by atoms with Crippen molar-refractivity contribution in [1.29, 1.82) is 0 Å². The number of carbonyl (C=O) groups is 1. The molecule has 0 unspecified atom stereocenters. The minimum Gasteiger partial charge on any atom is -0.377 e. The van der Waals surface area contributed by atoms with Crippen molar-refractivity contribution in [3.05, 3.63) is 12.7 Å². The van der Waals surface area contributed by atoms with Gasteiger partial charge in [0, 0.05) is 13.0 Å². The summed E-state index contributed by atoms with van der Waals surface area (Å²) in [5.41, 5.74) is -0.211. The van der Waals surface area contributed by atoms with Crippen LogP contribution in [-0.2, 0) is 16.1 Å². The molecule has 1 aliphatic rings. The summed E-state index contributed by atoms with van der Waals surface area (Å²) >= 11 is 0. The van der Waals surface area contributed by atoms with Crippen LogP contribution in [0.3, 0.4) is 0 Å². The molecule has 2 heterocycles. The predicted molar refractivity (Wildman–Crippen MR) is 61.3 cm³/mol. The Bertz CT molecular complexity index is 375. The molecule has 0 radical (unpaired) electrons. The lowest BCUT2D eigenvalue weighted by Crippen LogP contribution is -2.55. The van der Waals surface area contributed by atoms with E-state index in [1.165, 1.54) is 6.33 Å². The van der Waals surface area contributed by atoms with Crippen LogP contribution in [0.15, 0.2) is 12.7 Å². The highest BCUT2D eigenvalue weighted by Crippen LogP contribution is 2.19. The SMILES string of the molecule is CC1(C)COCCN1C(=O)CCn1cncn1. The van der Waals surface area contributed by atoms with E-state index in [1.807, 2.05) is 18.7 Å². The van der Waals surface area contributed by atoms with Crippen molar-refractivity contribution in [2.75, 3.05) is 19.8 Å². The number of carbonyl (C=O) groups excluding carboxylic acids is 1. The molecule has 0 spiro atoms. The highest BCUT2D eigenvalue weighted by Gasteiger charge is 2.33. The first-order valence-electron chi connectivity index (χ1n) is 5.80. The van der Waals surface area contributed by atoms with Crippen LogP contribution in [0.5, 0.6) is 0 Å². The molecule has 1 aromatic rings. The van der Waals surface area contributed by atoms with Crippen LogP contribution in [-0.4, -0.2) is 50.9 Å². The van der Waals surface area contributed by atoms with Crippen LogP contribution in [0.25, 0.3) is 0 Å². The maximum absolute atomic E-state index is 12.1. The molecule has 6 heteroatoms. The van der Waals surface area contributed by atoms with E-state index in [0.717, 1.165) is 0 Å². The second-order valence-electron chi connectivity index (χ2n) is 4.82. The lowest BCUT2D eigenvalue weighted by Gasteiger charge is -2.42. The zero-order valence-electron chi connectivity index (χ0n) is 10.3. The van der Waals surface area contributed by atoms with Crippen LogP contribution in [0, 0.1) is 0 Å². The van der Waals surface area contributed by atoms with Gasteiger partial charge in [-0.2, -0.15) is 5.10 Å². The first kappa shape index (κ1) is 12.0. The highest BCUT2D eigenvalue weighted by molar-refractivity contribution is 5.77. The molecular weight excluding hydrogens is 220 g/mol. The number of aryl methyl sites for hydroxylation is 1. The molecule has 0 atom stereocenters. The number of nitrogens with zero attached hydrogens (tertiary/aromatic N) is 4. The lowest BCUT2D eigenvalue weighted by molar-refractivity contribution is -0.146. The Morgan fingerprint density at radius 1 is 1.53 bits per heavy atom. The quantitative estimate of drug-likeness (QED) is 0.760. The van der Waals surface area contributed by atoms with Crippen molar-refractivity contribution in [2.45, 2.75) is 32.4 Å². The van der Waals surface area contributed by atoms with Crippen LogP contribution < -0.4 is 0 Å². The fraction of sp³-hybridized carbons (Fsp3) is 0.727. The summed E-state index contributed by atoms with van der Waals surface area (Å²) in [5.74, 6) is 0.147. The second kappa shape index (κ2) is 4.83. The summed E-state index contributed by atoms with van der Waals surface area (Å²) in [4.78, 5) is 17.9. The molecule has 0 aliphatic carbocycles. The van der Waals surface area contributed by atoms with Gasteiger partial charge in [-0.1, -0.05) is 0 Å². The van der Waals surface area contributed by atoms with Gasteiger partial charge in [0.1, 0.15) is 12.7 Å². The largest absolute Gasteiger partial charge is 0.377 e. The Kier molecular flexibility index (Phi) is 3.42. The molecular formula is C11H18N4O2. The van der Waals surface area contributed by atoms with Crippen molar-refractivity contribution in [2.24, 2.45) is 0 Å². The van der Waals surface area contributed by atoms with Crippen molar-refractivity contribution in [3.63, 3.8) is 0 Å². The lowest BCUT2D eigenvalue weighted by atomic mass is 10.0. The Hall–Kier alpha value is -1.43. The number of hydrogen-bond donors (Lipinski definition) is 0. The van der Waals surface area contributed by atoms with Crippen molar-refractivity contribution < 1.29 is 9.53 Å². The van der Waals surface area contributed by atoms with Crippen LogP contribution in [0.1, 0.15) is 20.3 Å². The molecule has 1 aliphatic heterocycles. The van der Waals surface area contributed by atoms with Gasteiger partial charge in [0.15, 0.2) is 0 Å². The maximum Gasteiger partial charge on any atom is 0.225 e. The average molecular weight is 238 g/mol. The van der Waals surface area contributed by atoms with E-state index >= 15 is 0 Å². The summed E-state index contributed by atoms with van der Waals surface area (Å²) < 4.78 is 7.07. The zero-order chi connectivity index (χ0) is 12.3. The van der Waals surface area contributed by atoms with Gasteiger partial charge < -0.3 is 9.64 Å². The maximum atomic E-state index is 12.1. The van der Waals surface area contributed by atoms with Gasteiger partial charge in [0.25, 0.3) is 0 Å². The third-order valence-electron chi connectivity index (χ3n) is 2.97. The Balaban J connectivity index is 1.90. The number of amides is 1. The average Bonchev–Trinajstić information content (AvgIpc) is 2.78. The number of ether oxygens (including phenoxy) is 1. The molecule has 17 heavy (non-hydrogen) atoms. The number of morpholine rings is 1. The van der Waals surface area contributed by atoms with E-state index in [0.29, 0.717) is 32.7 Å². The van der Waals surface area contributed by atoms with Gasteiger partial charge in [-0.15, -0.1) is 0 Å². The van der Waals surface area contributed by atoms with E-state index in [-0.39, 0.29) is 11.4 Å². The Morgan fingerprint density at radius 2 is 2.35 bits per heavy atom. The van der Waals surface area contributed by atoms with Crippen LogP contribution >= 0.6 is 0 Å². The van der Waals surface area contributed by atoms with Crippen molar-refractivity contribution in [1.82, 2.24) is 19.7 Å². The van der Waals surface area contributed by atoms with Crippen molar-refractivity contribution >= 4 is 5.91 Å². The molecule has 0 N–H and O–H groups in total. The normalized spacial score (nSPS) is 19.3. The monoisotopic (exact) mass is 238 g/mol. The molecule has 1 saturated heterocycles. The molecule has 0 bridgehead atoms. The predicted octanol–water partition coefficient (Wildman–Crippen LogP) is 0.306. The van der Waals surface area contributed by atoms with Gasteiger partial charge in [0.2, 0.25) is 5.91 Å².